The fraction of sp³-hybridized carbons (Fsp3) is 0. The van der Waals surface area contributed by atoms with Crippen LogP contribution in [0.5, 0.6) is 11.8 Å². The van der Waals surface area contributed by atoms with Crippen molar-refractivity contribution in [3.63, 3.8) is 0 Å². The summed E-state index contributed by atoms with van der Waals surface area (Å²) in [5.74, 6) is -0.0859. The second-order valence-corrected chi connectivity index (χ2v) is 3.23. The van der Waals surface area contributed by atoms with Crippen molar-refractivity contribution in [2.45, 2.75) is 0 Å². The second-order valence-electron chi connectivity index (χ2n) is 3.23. The van der Waals surface area contributed by atoms with Crippen LogP contribution in [-0.4, -0.2) is 20.3 Å². The van der Waals surface area contributed by atoms with Gasteiger partial charge in [-0.15, -0.1) is 5.10 Å². The molecule has 1 aromatic carbocycles. The third-order valence-corrected chi connectivity index (χ3v) is 2.00. The lowest BCUT2D eigenvalue weighted by molar-refractivity contribution is 0.333. The lowest BCUT2D eigenvalue weighted by Gasteiger charge is -1.97. The van der Waals surface area contributed by atoms with Crippen LogP contribution in [0.1, 0.15) is 0 Å². The van der Waals surface area contributed by atoms with Gasteiger partial charge >= 0.3 is 11.8 Å². The molecule has 0 fully saturated rings. The molecule has 0 radical (unpaired) electrons. The monoisotopic (exact) mass is 246 g/mol. The van der Waals surface area contributed by atoms with Crippen LogP contribution in [0.3, 0.4) is 0 Å². The highest BCUT2D eigenvalue weighted by Gasteiger charge is 2.14. The van der Waals surface area contributed by atoms with Crippen LogP contribution >= 0.6 is 0 Å². The largest absolute Gasteiger partial charge is 0.439 e. The number of hydrogen-bond acceptors (Lipinski definition) is 7. The maximum Gasteiger partial charge on any atom is 0.439 e. The number of nitrogens with one attached hydrogen (secondary N) is 1. The Balaban J connectivity index is 1.84. The third-order valence-electron chi connectivity index (χ3n) is 2.00. The average Bonchev–Trinajstić information content (AvgIpc) is 2.99. The summed E-state index contributed by atoms with van der Waals surface area (Å²) in [6, 6.07) is 8.94. The van der Waals surface area contributed by atoms with Gasteiger partial charge in [-0.25, -0.2) is 4.79 Å². The van der Waals surface area contributed by atoms with Crippen LogP contribution in [0.4, 0.5) is 0 Å². The van der Waals surface area contributed by atoms with Crippen LogP contribution in [-0.2, 0) is 0 Å². The predicted octanol–water partition coefficient (Wildman–Crippen LogP) is 1.21. The van der Waals surface area contributed by atoms with Gasteiger partial charge in [0.15, 0.2) is 0 Å². The summed E-state index contributed by atoms with van der Waals surface area (Å²) in [5.41, 5.74) is 0. The molecule has 3 aromatic rings. The Morgan fingerprint density at radius 3 is 2.72 bits per heavy atom. The number of H-pyrrole nitrogens is 1. The number of benzene rings is 1. The van der Waals surface area contributed by atoms with Gasteiger partial charge in [0.2, 0.25) is 5.82 Å². The molecular weight excluding hydrogens is 240 g/mol. The van der Waals surface area contributed by atoms with E-state index in [0.717, 1.165) is 0 Å². The molecule has 8 nitrogen and oxygen atoms in total. The van der Waals surface area contributed by atoms with Gasteiger partial charge in [0.25, 0.3) is 5.89 Å². The molecule has 90 valence electrons. The Bertz CT molecular complexity index is 700. The van der Waals surface area contributed by atoms with Gasteiger partial charge in [0.1, 0.15) is 5.75 Å². The van der Waals surface area contributed by atoms with E-state index in [1.54, 1.807) is 12.1 Å². The Labute approximate surface area is 99.2 Å². The number of para-hydroxylation sites is 1. The van der Waals surface area contributed by atoms with Crippen molar-refractivity contribution in [2.75, 3.05) is 0 Å². The standard InChI is InChI=1S/C10H6N4O4/c15-9-11-7(14-18-9)8-12-13-10(17-8)16-6-4-2-1-3-5-6/h1-5H,(H,11,14,15). The molecule has 0 saturated carbocycles. The van der Waals surface area contributed by atoms with E-state index in [9.17, 15) is 4.79 Å². The van der Waals surface area contributed by atoms with Gasteiger partial charge in [-0.3, -0.25) is 9.51 Å². The zero-order valence-electron chi connectivity index (χ0n) is 8.86. The van der Waals surface area contributed by atoms with Crippen molar-refractivity contribution in [3.05, 3.63) is 40.9 Å². The zero-order valence-corrected chi connectivity index (χ0v) is 8.86. The second kappa shape index (κ2) is 4.17. The quantitative estimate of drug-likeness (QED) is 0.739. The van der Waals surface area contributed by atoms with Gasteiger partial charge in [-0.2, -0.15) is 0 Å². The molecule has 0 saturated heterocycles. The molecule has 0 unspecified atom stereocenters. The van der Waals surface area contributed by atoms with E-state index in [1.807, 2.05) is 18.2 Å². The molecule has 0 amide bonds. The van der Waals surface area contributed by atoms with Crippen molar-refractivity contribution in [1.82, 2.24) is 20.3 Å². The van der Waals surface area contributed by atoms with Crippen molar-refractivity contribution in [1.29, 1.82) is 0 Å². The molecule has 8 heteroatoms. The first-order valence-electron chi connectivity index (χ1n) is 4.94. The highest BCUT2D eigenvalue weighted by Crippen LogP contribution is 2.21. The van der Waals surface area contributed by atoms with Gasteiger partial charge < -0.3 is 9.15 Å². The number of ether oxygens (including phenoxy) is 1. The summed E-state index contributed by atoms with van der Waals surface area (Å²) in [6.45, 7) is 0. The summed E-state index contributed by atoms with van der Waals surface area (Å²) in [7, 11) is 0. The van der Waals surface area contributed by atoms with Crippen molar-refractivity contribution in [2.24, 2.45) is 0 Å². The molecule has 0 aliphatic heterocycles. The van der Waals surface area contributed by atoms with E-state index in [4.69, 9.17) is 9.15 Å². The Morgan fingerprint density at radius 2 is 2.00 bits per heavy atom. The molecule has 0 atom stereocenters. The van der Waals surface area contributed by atoms with Crippen LogP contribution < -0.4 is 10.5 Å². The van der Waals surface area contributed by atoms with E-state index in [1.165, 1.54) is 0 Å². The third kappa shape index (κ3) is 1.98. The summed E-state index contributed by atoms with van der Waals surface area (Å²) in [6.07, 6.45) is -0.0555. The predicted molar refractivity (Wildman–Crippen MR) is 56.9 cm³/mol. The van der Waals surface area contributed by atoms with Crippen LogP contribution in [0.15, 0.2) is 44.1 Å². The Morgan fingerprint density at radius 1 is 1.17 bits per heavy atom. The normalized spacial score (nSPS) is 10.4. The summed E-state index contributed by atoms with van der Waals surface area (Å²) < 4.78 is 14.8. The van der Waals surface area contributed by atoms with Crippen LogP contribution in [0.2, 0.25) is 0 Å². The van der Waals surface area contributed by atoms with E-state index in [2.05, 4.69) is 24.9 Å². The number of aromatic amines is 1. The summed E-state index contributed by atoms with van der Waals surface area (Å²) in [5, 5.41) is 10.7. The van der Waals surface area contributed by atoms with E-state index < -0.39 is 5.76 Å². The first-order chi connectivity index (χ1) is 8.81. The van der Waals surface area contributed by atoms with E-state index in [0.29, 0.717) is 5.75 Å². The first kappa shape index (κ1) is 10.3. The Kier molecular flexibility index (Phi) is 2.38. The number of hydrogen-bond donors (Lipinski definition) is 1. The van der Waals surface area contributed by atoms with E-state index >= 15 is 0 Å². The fourth-order valence-corrected chi connectivity index (χ4v) is 1.26. The maximum atomic E-state index is 10.8. The number of rotatable bonds is 3. The molecule has 1 N–H and O–H groups in total. The lowest BCUT2D eigenvalue weighted by atomic mass is 10.3. The molecule has 2 aromatic heterocycles. The molecule has 18 heavy (non-hydrogen) atoms. The number of nitrogens with zero attached hydrogens (tertiary/aromatic N) is 3. The highest BCUT2D eigenvalue weighted by molar-refractivity contribution is 5.37. The fourth-order valence-electron chi connectivity index (χ4n) is 1.26. The number of aromatic nitrogens is 4. The smallest absolute Gasteiger partial charge is 0.410 e. The van der Waals surface area contributed by atoms with E-state index in [-0.39, 0.29) is 17.8 Å². The Hall–Kier alpha value is -2.90. The van der Waals surface area contributed by atoms with Gasteiger partial charge in [0.05, 0.1) is 0 Å². The van der Waals surface area contributed by atoms with Gasteiger partial charge in [-0.1, -0.05) is 23.3 Å². The molecular formula is C10H6N4O4. The molecule has 3 rings (SSSR count). The topological polar surface area (TPSA) is 107 Å². The minimum Gasteiger partial charge on any atom is -0.410 e. The molecule has 0 aliphatic rings. The minimum absolute atomic E-state index is 0.00628. The lowest BCUT2D eigenvalue weighted by Crippen LogP contribution is -1.94. The van der Waals surface area contributed by atoms with Crippen molar-refractivity contribution in [3.8, 4) is 23.5 Å². The average molecular weight is 246 g/mol. The summed E-state index contributed by atoms with van der Waals surface area (Å²) in [4.78, 5) is 13.0. The van der Waals surface area contributed by atoms with Gasteiger partial charge in [-0.05, 0) is 17.3 Å². The van der Waals surface area contributed by atoms with Gasteiger partial charge in [0, 0.05) is 0 Å². The molecule has 2 heterocycles. The molecule has 0 bridgehead atoms. The van der Waals surface area contributed by atoms with Crippen molar-refractivity contribution >= 4 is 0 Å². The zero-order chi connectivity index (χ0) is 12.4. The van der Waals surface area contributed by atoms with Crippen molar-refractivity contribution < 1.29 is 13.7 Å². The minimum atomic E-state index is -0.700. The first-order valence-corrected chi connectivity index (χ1v) is 4.94. The summed E-state index contributed by atoms with van der Waals surface area (Å²) >= 11 is 0. The SMILES string of the molecule is O=c1[nH]c(-c2nnc(Oc3ccccc3)o2)no1. The highest BCUT2D eigenvalue weighted by atomic mass is 16.6. The molecule has 0 spiro atoms. The van der Waals surface area contributed by atoms with Crippen LogP contribution in [0.25, 0.3) is 11.7 Å². The molecule has 0 aliphatic carbocycles. The maximum absolute atomic E-state index is 10.8. The van der Waals surface area contributed by atoms with Crippen LogP contribution in [0, 0.1) is 0 Å².